The third-order valence-electron chi connectivity index (χ3n) is 3.43. The van der Waals surface area contributed by atoms with Crippen molar-refractivity contribution in [3.05, 3.63) is 53.0 Å². The highest BCUT2D eigenvalue weighted by atomic mass is 32.1. The minimum Gasteiger partial charge on any atom is -0.330 e. The molecule has 2 heterocycles. The van der Waals surface area contributed by atoms with E-state index >= 15 is 0 Å². The quantitative estimate of drug-likeness (QED) is 0.671. The van der Waals surface area contributed by atoms with Crippen molar-refractivity contribution in [2.24, 2.45) is 0 Å². The molecule has 24 heavy (non-hydrogen) atoms. The zero-order valence-electron chi connectivity index (χ0n) is 13.1. The number of aryl methyl sites for hydroxylation is 1. The van der Waals surface area contributed by atoms with Gasteiger partial charge in [-0.1, -0.05) is 12.1 Å². The number of nitrogens with zero attached hydrogens (tertiary/aromatic N) is 2. The zero-order valence-corrected chi connectivity index (χ0v) is 13.9. The molecule has 2 amide bonds. The second kappa shape index (κ2) is 6.79. The molecule has 6 nitrogen and oxygen atoms in total. The lowest BCUT2D eigenvalue weighted by atomic mass is 10.2. The number of halogens is 1. The summed E-state index contributed by atoms with van der Waals surface area (Å²) in [7, 11) is 0. The van der Waals surface area contributed by atoms with Crippen molar-refractivity contribution in [1.29, 1.82) is 0 Å². The maximum Gasteiger partial charge on any atom is 0.319 e. The van der Waals surface area contributed by atoms with Gasteiger partial charge in [0.05, 0.1) is 28.5 Å². The van der Waals surface area contributed by atoms with Crippen molar-refractivity contribution in [2.45, 2.75) is 19.9 Å². The highest BCUT2D eigenvalue weighted by Crippen LogP contribution is 2.32. The highest BCUT2D eigenvalue weighted by molar-refractivity contribution is 7.15. The van der Waals surface area contributed by atoms with E-state index in [0.717, 1.165) is 10.6 Å². The lowest BCUT2D eigenvalue weighted by Crippen LogP contribution is -2.30. The average molecular weight is 345 g/mol. The molecule has 0 radical (unpaired) electrons. The minimum atomic E-state index is -0.343. The van der Waals surface area contributed by atoms with Crippen molar-refractivity contribution in [1.82, 2.24) is 20.5 Å². The molecule has 0 aliphatic rings. The largest absolute Gasteiger partial charge is 0.330 e. The molecule has 0 spiro atoms. The van der Waals surface area contributed by atoms with E-state index in [1.807, 2.05) is 13.8 Å². The molecule has 0 saturated carbocycles. The molecule has 1 atom stereocenters. The number of carbonyl (C=O) groups is 1. The van der Waals surface area contributed by atoms with Crippen LogP contribution in [-0.4, -0.2) is 21.2 Å². The molecule has 0 saturated heterocycles. The number of anilines is 1. The Morgan fingerprint density at radius 1 is 1.38 bits per heavy atom. The lowest BCUT2D eigenvalue weighted by molar-refractivity contribution is 0.249. The summed E-state index contributed by atoms with van der Waals surface area (Å²) in [5.41, 5.74) is 1.81. The summed E-state index contributed by atoms with van der Waals surface area (Å²) in [4.78, 5) is 17.3. The molecule has 8 heteroatoms. The standard InChI is InChI=1S/C16H16FN5OS/c1-9-14(10(2)21-16(23)22-11-7-18-19-8-11)24-15(20-9)12-5-3-4-6-13(12)17/h3-8,10H,1-2H3,(H,18,19)(H2,21,22,23)/t10-/m1/s1. The Kier molecular flexibility index (Phi) is 4.57. The van der Waals surface area contributed by atoms with Gasteiger partial charge in [-0.05, 0) is 26.0 Å². The first-order chi connectivity index (χ1) is 11.5. The summed E-state index contributed by atoms with van der Waals surface area (Å²) in [6, 6.07) is 5.92. The number of carbonyl (C=O) groups excluding carboxylic acids is 1. The molecular formula is C16H16FN5OS. The van der Waals surface area contributed by atoms with Crippen molar-refractivity contribution in [3.8, 4) is 10.6 Å². The Bertz CT molecular complexity index is 846. The highest BCUT2D eigenvalue weighted by Gasteiger charge is 2.18. The van der Waals surface area contributed by atoms with Gasteiger partial charge < -0.3 is 10.6 Å². The number of hydrogen-bond donors (Lipinski definition) is 3. The van der Waals surface area contributed by atoms with Crippen LogP contribution in [0.3, 0.4) is 0 Å². The number of rotatable bonds is 4. The van der Waals surface area contributed by atoms with Crippen molar-refractivity contribution >= 4 is 23.1 Å². The van der Waals surface area contributed by atoms with Crippen LogP contribution >= 0.6 is 11.3 Å². The number of nitrogens with one attached hydrogen (secondary N) is 3. The van der Waals surface area contributed by atoms with Gasteiger partial charge in [-0.3, -0.25) is 5.10 Å². The van der Waals surface area contributed by atoms with E-state index in [1.54, 1.807) is 24.4 Å². The topological polar surface area (TPSA) is 82.7 Å². The minimum absolute atomic E-state index is 0.255. The van der Waals surface area contributed by atoms with Crippen LogP contribution < -0.4 is 10.6 Å². The maximum atomic E-state index is 13.9. The Hall–Kier alpha value is -2.74. The van der Waals surface area contributed by atoms with E-state index in [2.05, 4.69) is 25.8 Å². The van der Waals surface area contributed by atoms with Gasteiger partial charge in [0, 0.05) is 11.8 Å². The van der Waals surface area contributed by atoms with Gasteiger partial charge in [-0.15, -0.1) is 11.3 Å². The maximum absolute atomic E-state index is 13.9. The van der Waals surface area contributed by atoms with Crippen molar-refractivity contribution in [2.75, 3.05) is 5.32 Å². The van der Waals surface area contributed by atoms with Crippen LogP contribution in [0.1, 0.15) is 23.5 Å². The number of urea groups is 1. The molecule has 3 aromatic rings. The summed E-state index contributed by atoms with van der Waals surface area (Å²) < 4.78 is 13.9. The Morgan fingerprint density at radius 2 is 2.17 bits per heavy atom. The van der Waals surface area contributed by atoms with Crippen molar-refractivity contribution in [3.63, 3.8) is 0 Å². The Balaban J connectivity index is 1.75. The normalized spacial score (nSPS) is 12.0. The van der Waals surface area contributed by atoms with Gasteiger partial charge in [0.25, 0.3) is 0 Å². The summed E-state index contributed by atoms with van der Waals surface area (Å²) in [6.45, 7) is 3.71. The smallest absolute Gasteiger partial charge is 0.319 e. The van der Waals surface area contributed by atoms with Crippen LogP contribution in [0.25, 0.3) is 10.6 Å². The van der Waals surface area contributed by atoms with E-state index in [4.69, 9.17) is 0 Å². The summed E-state index contributed by atoms with van der Waals surface area (Å²) in [5, 5.41) is 12.5. The molecule has 0 aliphatic heterocycles. The van der Waals surface area contributed by atoms with Crippen LogP contribution in [0.15, 0.2) is 36.7 Å². The summed E-state index contributed by atoms with van der Waals surface area (Å²) in [6.07, 6.45) is 3.09. The van der Waals surface area contributed by atoms with Gasteiger partial charge in [-0.2, -0.15) is 5.10 Å². The number of hydrogen-bond acceptors (Lipinski definition) is 4. The Morgan fingerprint density at radius 3 is 2.88 bits per heavy atom. The third-order valence-corrected chi connectivity index (χ3v) is 4.81. The molecular weight excluding hydrogens is 329 g/mol. The van der Waals surface area contributed by atoms with E-state index in [-0.39, 0.29) is 17.9 Å². The predicted octanol–water partition coefficient (Wildman–Crippen LogP) is 3.86. The fraction of sp³-hybridized carbons (Fsp3) is 0.188. The number of aromatic nitrogens is 3. The first kappa shape index (κ1) is 16.1. The summed E-state index contributed by atoms with van der Waals surface area (Å²) in [5.74, 6) is -0.309. The van der Waals surface area contributed by atoms with E-state index in [0.29, 0.717) is 16.3 Å². The lowest BCUT2D eigenvalue weighted by Gasteiger charge is -2.13. The van der Waals surface area contributed by atoms with Crippen LogP contribution in [0.5, 0.6) is 0 Å². The molecule has 0 fully saturated rings. The van der Waals surface area contributed by atoms with Gasteiger partial charge in [0.1, 0.15) is 10.8 Å². The number of H-pyrrole nitrogens is 1. The number of thiazole rings is 1. The molecule has 0 bridgehead atoms. The van der Waals surface area contributed by atoms with Crippen molar-refractivity contribution < 1.29 is 9.18 Å². The summed E-state index contributed by atoms with van der Waals surface area (Å²) >= 11 is 1.37. The van der Waals surface area contributed by atoms with Crippen LogP contribution in [0.2, 0.25) is 0 Å². The predicted molar refractivity (Wildman–Crippen MR) is 91.4 cm³/mol. The van der Waals surface area contributed by atoms with Crippen LogP contribution in [-0.2, 0) is 0 Å². The van der Waals surface area contributed by atoms with E-state index < -0.39 is 0 Å². The number of aromatic amines is 1. The molecule has 1 aromatic carbocycles. The van der Waals surface area contributed by atoms with Gasteiger partial charge in [0.2, 0.25) is 0 Å². The average Bonchev–Trinajstić information content (AvgIpc) is 3.17. The number of benzene rings is 1. The SMILES string of the molecule is Cc1nc(-c2ccccc2F)sc1[C@@H](C)NC(=O)Nc1cn[nH]c1. The molecule has 0 unspecified atom stereocenters. The van der Waals surface area contributed by atoms with Crippen LogP contribution in [0, 0.1) is 12.7 Å². The zero-order chi connectivity index (χ0) is 17.1. The molecule has 0 aliphatic carbocycles. The van der Waals surface area contributed by atoms with Gasteiger partial charge >= 0.3 is 6.03 Å². The third kappa shape index (κ3) is 3.43. The molecule has 3 N–H and O–H groups in total. The van der Waals surface area contributed by atoms with Gasteiger partial charge in [-0.25, -0.2) is 14.2 Å². The second-order valence-electron chi connectivity index (χ2n) is 5.26. The fourth-order valence-corrected chi connectivity index (χ4v) is 3.40. The van der Waals surface area contributed by atoms with E-state index in [9.17, 15) is 9.18 Å². The monoisotopic (exact) mass is 345 g/mol. The first-order valence-electron chi connectivity index (χ1n) is 7.33. The molecule has 3 rings (SSSR count). The fourth-order valence-electron chi connectivity index (χ4n) is 2.31. The van der Waals surface area contributed by atoms with Crippen LogP contribution in [0.4, 0.5) is 14.9 Å². The van der Waals surface area contributed by atoms with E-state index in [1.165, 1.54) is 23.6 Å². The second-order valence-corrected chi connectivity index (χ2v) is 6.29. The molecule has 2 aromatic heterocycles. The molecule has 124 valence electrons. The Labute approximate surface area is 142 Å². The van der Waals surface area contributed by atoms with Gasteiger partial charge in [0.15, 0.2) is 0 Å². The first-order valence-corrected chi connectivity index (χ1v) is 8.14. The number of amides is 2.